The second-order valence-electron chi connectivity index (χ2n) is 19.2. The van der Waals surface area contributed by atoms with Crippen molar-refractivity contribution in [2.45, 2.75) is 108 Å². The maximum atomic E-state index is 5.29. The van der Waals surface area contributed by atoms with E-state index >= 15 is 0 Å². The highest BCUT2D eigenvalue weighted by Gasteiger charge is 2.61. The van der Waals surface area contributed by atoms with Crippen LogP contribution in [0.15, 0.2) is 133 Å². The minimum atomic E-state index is 0.0649. The first kappa shape index (κ1) is 34.5. The number of aromatic nitrogens is 2. The topological polar surface area (TPSA) is 41.1 Å². The summed E-state index contributed by atoms with van der Waals surface area (Å²) in [7, 11) is 0. The van der Waals surface area contributed by atoms with E-state index < -0.39 is 0 Å². The number of nitrogens with one attached hydrogen (secondary N) is 1. The van der Waals surface area contributed by atoms with Crippen molar-refractivity contribution in [2.75, 3.05) is 4.90 Å². The summed E-state index contributed by atoms with van der Waals surface area (Å²) in [5.74, 6) is 4.54. The standard InChI is InChI=1S/C52H56N4/c1-32-17-18-38(31-53-32)37-25-26-52(4)43(28-37)49(52)45-30-44(54-50(55-45)35-11-6-5-7-12-35)34-21-19-33(20-22-34)36-23-24-46-41(27-36)40-14-10-13-39-29-48(40)56(46)47-16-9-8-15-42(47)51(39,2)3/h5-9,11-12,15-22,25-26,28,30-32,36,39-41,43,46,48-49,53H,10,13-14,23-24,27,29H2,1-4H3/t32?,36?,39?,40-,41?,43+,46?,48?,49?,52+/m1/s1. The van der Waals surface area contributed by atoms with E-state index in [4.69, 9.17) is 9.97 Å². The average molecular weight is 737 g/mol. The first-order valence-electron chi connectivity index (χ1n) is 21.7. The number of fused-ring (bicyclic) bond motifs is 7. The maximum Gasteiger partial charge on any atom is 0.160 e. The molecule has 4 fully saturated rings. The number of allylic oxidation sites excluding steroid dienone is 6. The lowest BCUT2D eigenvalue weighted by Gasteiger charge is -2.39. The third-order valence-corrected chi connectivity index (χ3v) is 15.9. The summed E-state index contributed by atoms with van der Waals surface area (Å²) in [5.41, 5.74) is 12.0. The lowest BCUT2D eigenvalue weighted by Crippen LogP contribution is -2.40. The fraction of sp³-hybridized carbons (Fsp3) is 0.423. The van der Waals surface area contributed by atoms with Gasteiger partial charge in [0.15, 0.2) is 5.82 Å². The Bertz CT molecular complexity index is 2300. The number of dihydropyridines is 1. The van der Waals surface area contributed by atoms with Crippen molar-refractivity contribution < 1.29 is 0 Å². The van der Waals surface area contributed by atoms with Gasteiger partial charge >= 0.3 is 0 Å². The molecular weight excluding hydrogens is 681 g/mol. The van der Waals surface area contributed by atoms with Gasteiger partial charge in [-0.15, -0.1) is 0 Å². The van der Waals surface area contributed by atoms with Crippen LogP contribution in [0.4, 0.5) is 5.69 Å². The van der Waals surface area contributed by atoms with E-state index in [1.165, 1.54) is 67.2 Å². The summed E-state index contributed by atoms with van der Waals surface area (Å²) in [4.78, 5) is 13.5. The Balaban J connectivity index is 0.880. The molecule has 10 atom stereocenters. The van der Waals surface area contributed by atoms with Gasteiger partial charge in [0, 0.05) is 58.2 Å². The molecule has 56 heavy (non-hydrogen) atoms. The van der Waals surface area contributed by atoms with E-state index in [2.05, 4.69) is 159 Å². The number of anilines is 1. The maximum absolute atomic E-state index is 5.29. The molecule has 284 valence electrons. The van der Waals surface area contributed by atoms with Gasteiger partial charge in [-0.25, -0.2) is 9.97 Å². The van der Waals surface area contributed by atoms with Crippen molar-refractivity contribution in [2.24, 2.45) is 29.1 Å². The Kier molecular flexibility index (Phi) is 7.96. The van der Waals surface area contributed by atoms with Crippen LogP contribution < -0.4 is 10.2 Å². The molecule has 4 nitrogen and oxygen atoms in total. The summed E-state index contributed by atoms with van der Waals surface area (Å²) in [5, 5.41) is 3.48. The third-order valence-electron chi connectivity index (χ3n) is 15.9. The molecule has 4 aliphatic carbocycles. The van der Waals surface area contributed by atoms with E-state index in [1.807, 2.05) is 0 Å². The molecule has 3 saturated carbocycles. The van der Waals surface area contributed by atoms with Gasteiger partial charge in [0.1, 0.15) is 0 Å². The van der Waals surface area contributed by atoms with Crippen molar-refractivity contribution in [1.82, 2.24) is 15.3 Å². The number of benzene rings is 3. The van der Waals surface area contributed by atoms with Crippen LogP contribution in [0.2, 0.25) is 0 Å². The first-order valence-corrected chi connectivity index (χ1v) is 21.7. The van der Waals surface area contributed by atoms with Gasteiger partial charge in [0.2, 0.25) is 0 Å². The Morgan fingerprint density at radius 2 is 1.57 bits per heavy atom. The van der Waals surface area contributed by atoms with Gasteiger partial charge < -0.3 is 10.2 Å². The van der Waals surface area contributed by atoms with Gasteiger partial charge in [-0.05, 0) is 115 Å². The molecule has 4 heterocycles. The predicted molar refractivity (Wildman–Crippen MR) is 229 cm³/mol. The summed E-state index contributed by atoms with van der Waals surface area (Å²) in [6.45, 7) is 9.66. The zero-order chi connectivity index (χ0) is 37.8. The molecule has 0 amide bonds. The zero-order valence-corrected chi connectivity index (χ0v) is 33.5. The first-order chi connectivity index (χ1) is 27.3. The second kappa shape index (κ2) is 12.9. The van der Waals surface area contributed by atoms with E-state index in [0.717, 1.165) is 40.5 Å². The molecule has 1 saturated heterocycles. The number of hydrogen-bond acceptors (Lipinski definition) is 4. The predicted octanol–water partition coefficient (Wildman–Crippen LogP) is 11.7. The number of hydrogen-bond donors (Lipinski definition) is 1. The highest BCUT2D eigenvalue weighted by atomic mass is 15.2. The molecule has 4 heteroatoms. The van der Waals surface area contributed by atoms with Crippen molar-refractivity contribution >= 4 is 5.69 Å². The van der Waals surface area contributed by atoms with Crippen LogP contribution in [0.1, 0.15) is 101 Å². The summed E-state index contributed by atoms with van der Waals surface area (Å²) >= 11 is 0. The largest absolute Gasteiger partial charge is 0.384 e. The molecule has 7 unspecified atom stereocenters. The Hall–Kier alpha value is -4.70. The molecule has 11 rings (SSSR count). The smallest absolute Gasteiger partial charge is 0.160 e. The van der Waals surface area contributed by atoms with Gasteiger partial charge in [0.25, 0.3) is 0 Å². The van der Waals surface area contributed by atoms with E-state index in [9.17, 15) is 0 Å². The van der Waals surface area contributed by atoms with Crippen molar-refractivity contribution in [1.29, 1.82) is 0 Å². The molecular formula is C52H56N4. The zero-order valence-electron chi connectivity index (χ0n) is 33.5. The lowest BCUT2D eigenvalue weighted by atomic mass is 9.68. The minimum Gasteiger partial charge on any atom is -0.384 e. The molecule has 1 N–H and O–H groups in total. The van der Waals surface area contributed by atoms with Gasteiger partial charge in [0.05, 0.1) is 5.69 Å². The summed E-state index contributed by atoms with van der Waals surface area (Å²) < 4.78 is 0. The van der Waals surface area contributed by atoms with E-state index in [-0.39, 0.29) is 10.8 Å². The summed E-state index contributed by atoms with van der Waals surface area (Å²) in [6.07, 6.45) is 23.3. The molecule has 1 aromatic heterocycles. The van der Waals surface area contributed by atoms with Gasteiger partial charge in [-0.3, -0.25) is 0 Å². The molecule has 7 aliphatic rings. The van der Waals surface area contributed by atoms with Gasteiger partial charge in [-0.2, -0.15) is 0 Å². The van der Waals surface area contributed by atoms with Crippen LogP contribution in [-0.2, 0) is 5.41 Å². The monoisotopic (exact) mass is 736 g/mol. The third kappa shape index (κ3) is 5.45. The van der Waals surface area contributed by atoms with Crippen LogP contribution in [0.25, 0.3) is 22.6 Å². The molecule has 2 bridgehead atoms. The second-order valence-corrected chi connectivity index (χ2v) is 19.2. The fourth-order valence-electron chi connectivity index (χ4n) is 12.7. The van der Waals surface area contributed by atoms with Crippen LogP contribution in [0.3, 0.4) is 0 Å². The van der Waals surface area contributed by atoms with E-state index in [1.54, 1.807) is 11.3 Å². The molecule has 0 radical (unpaired) electrons. The molecule has 3 aromatic carbocycles. The quantitative estimate of drug-likeness (QED) is 0.221. The average Bonchev–Trinajstić information content (AvgIpc) is 3.85. The highest BCUT2D eigenvalue weighted by Crippen LogP contribution is 2.68. The Morgan fingerprint density at radius 1 is 0.750 bits per heavy atom. The van der Waals surface area contributed by atoms with Crippen molar-refractivity contribution in [3.05, 3.63) is 149 Å². The molecule has 0 spiro atoms. The normalized spacial score (nSPS) is 34.5. The van der Waals surface area contributed by atoms with Crippen LogP contribution >= 0.6 is 0 Å². The Morgan fingerprint density at radius 3 is 2.39 bits per heavy atom. The Labute approximate surface area is 334 Å². The van der Waals surface area contributed by atoms with Crippen molar-refractivity contribution in [3.63, 3.8) is 0 Å². The molecule has 4 aromatic rings. The molecule has 3 aliphatic heterocycles. The van der Waals surface area contributed by atoms with Crippen LogP contribution in [0, 0.1) is 29.1 Å². The number of rotatable bonds is 5. The number of nitrogens with zero attached hydrogens (tertiary/aromatic N) is 3. The minimum absolute atomic E-state index is 0.0649. The van der Waals surface area contributed by atoms with Gasteiger partial charge in [-0.1, -0.05) is 130 Å². The van der Waals surface area contributed by atoms with Crippen molar-refractivity contribution in [3.8, 4) is 22.6 Å². The van der Waals surface area contributed by atoms with Crippen LogP contribution in [-0.4, -0.2) is 28.1 Å². The fourth-order valence-corrected chi connectivity index (χ4v) is 12.7. The van der Waals surface area contributed by atoms with Crippen LogP contribution in [0.5, 0.6) is 0 Å². The SMILES string of the molecule is CC1C=CC(C2=C[C@H]3C(c4cc(-c5ccc(C6CCC7C(C6)[C@H]6CCCC8CC6N7c6ccccc6C8(C)C)cc5)nc(-c5ccccc5)n4)[C@@]3(C)C=C2)=CN1. The lowest BCUT2D eigenvalue weighted by molar-refractivity contribution is 0.236. The highest BCUT2D eigenvalue weighted by molar-refractivity contribution is 5.66. The summed E-state index contributed by atoms with van der Waals surface area (Å²) in [6, 6.07) is 33.7. The number of para-hydroxylation sites is 1. The van der Waals surface area contributed by atoms with E-state index in [0.29, 0.717) is 35.9 Å².